The number of hydrogen-bond donors (Lipinski definition) is 0. The highest BCUT2D eigenvalue weighted by Gasteiger charge is 2.47. The molecule has 1 aliphatic heterocycles. The first kappa shape index (κ1) is 11.9. The van der Waals surface area contributed by atoms with Gasteiger partial charge in [0.2, 0.25) is 6.08 Å². The molecular weight excluding hydrogens is 213 g/mol. The number of halogens is 3. The monoisotopic (exact) mass is 222 g/mol. The molecule has 15 heavy (non-hydrogen) atoms. The molecule has 0 amide bonds. The summed E-state index contributed by atoms with van der Waals surface area (Å²) in [6, 6.07) is -7.43. The van der Waals surface area contributed by atoms with Crippen LogP contribution in [0.25, 0.3) is 0 Å². The van der Waals surface area contributed by atoms with Crippen LogP contribution in [0.1, 0.15) is 12.8 Å². The third-order valence-electron chi connectivity index (χ3n) is 2.27. The van der Waals surface area contributed by atoms with Gasteiger partial charge in [-0.1, -0.05) is 0 Å². The summed E-state index contributed by atoms with van der Waals surface area (Å²) in [5.41, 5.74) is 0. The van der Waals surface area contributed by atoms with Gasteiger partial charge < -0.3 is 0 Å². The van der Waals surface area contributed by atoms with Gasteiger partial charge in [0.05, 0.1) is 6.04 Å². The molecule has 0 aromatic heterocycles. The zero-order valence-electron chi connectivity index (χ0n) is 7.75. The molecule has 0 unspecified atom stereocenters. The predicted molar refractivity (Wildman–Crippen MR) is 43.8 cm³/mol. The lowest BCUT2D eigenvalue weighted by Crippen LogP contribution is -2.51. The molecule has 0 radical (unpaired) electrons. The van der Waals surface area contributed by atoms with E-state index in [1.165, 1.54) is 6.08 Å². The Kier molecular flexibility index (Phi) is 3.60. The number of piperidine rings is 1. The lowest BCUT2D eigenvalue weighted by atomic mass is 10.1. The number of rotatable bonds is 3. The third-order valence-corrected chi connectivity index (χ3v) is 2.27. The van der Waals surface area contributed by atoms with E-state index in [4.69, 9.17) is 0 Å². The maximum atomic E-state index is 12.9. The Morgan fingerprint density at radius 3 is 2.73 bits per heavy atom. The fraction of sp³-hybridized carbons (Fsp3) is 0.750. The third kappa shape index (κ3) is 2.64. The van der Waals surface area contributed by atoms with Crippen LogP contribution in [0.5, 0.6) is 0 Å². The van der Waals surface area contributed by atoms with E-state index in [1.807, 2.05) is 0 Å². The highest BCUT2D eigenvalue weighted by atomic mass is 19.3. The minimum Gasteiger partial charge on any atom is -0.252 e. The van der Waals surface area contributed by atoms with Crippen LogP contribution in [0.3, 0.4) is 0 Å². The van der Waals surface area contributed by atoms with E-state index < -0.39 is 18.1 Å². The molecule has 1 saturated heterocycles. The van der Waals surface area contributed by atoms with Gasteiger partial charge in [0.25, 0.3) is 0 Å². The van der Waals surface area contributed by atoms with Crippen molar-refractivity contribution in [3.63, 3.8) is 0 Å². The minimum atomic E-state index is -4.11. The molecule has 0 saturated carbocycles. The van der Waals surface area contributed by atoms with Gasteiger partial charge in [0, 0.05) is 13.1 Å². The van der Waals surface area contributed by atoms with Crippen molar-refractivity contribution in [2.45, 2.75) is 24.9 Å². The van der Waals surface area contributed by atoms with Crippen molar-refractivity contribution < 1.29 is 22.8 Å². The van der Waals surface area contributed by atoms with Crippen molar-refractivity contribution >= 4 is 12.1 Å². The Hall–Kier alpha value is -1.20. The molecule has 0 aliphatic carbocycles. The smallest absolute Gasteiger partial charge is 0.252 e. The van der Waals surface area contributed by atoms with Crippen molar-refractivity contribution in [2.24, 2.45) is 4.99 Å². The van der Waals surface area contributed by atoms with E-state index in [9.17, 15) is 22.8 Å². The second-order valence-corrected chi connectivity index (χ2v) is 3.28. The van der Waals surface area contributed by atoms with Gasteiger partial charge in [-0.25, -0.2) is 14.7 Å². The first-order chi connectivity index (χ1) is 6.98. The standard InChI is InChI=1S/C8H9F3N2O2/c9-7(15)8(10,11)13-3-1-2-6(4-13)12-5-14/h6H,1-4H2/t6-/m1/s1. The molecule has 0 N–H and O–H groups in total. The van der Waals surface area contributed by atoms with Gasteiger partial charge in [0.15, 0.2) is 0 Å². The Bertz CT molecular complexity index is 302. The molecule has 7 heteroatoms. The topological polar surface area (TPSA) is 49.7 Å². The average Bonchev–Trinajstić information content (AvgIpc) is 2.18. The Balaban J connectivity index is 2.71. The summed E-state index contributed by atoms with van der Waals surface area (Å²) in [5, 5.41) is 0. The molecule has 1 atom stereocenters. The summed E-state index contributed by atoms with van der Waals surface area (Å²) in [5.74, 6) is 0. The average molecular weight is 222 g/mol. The lowest BCUT2D eigenvalue weighted by molar-refractivity contribution is -0.191. The second-order valence-electron chi connectivity index (χ2n) is 3.28. The normalized spacial score (nSPS) is 23.3. The number of aliphatic imine (C=N–C) groups is 1. The number of isocyanates is 1. The molecule has 0 aromatic carbocycles. The summed E-state index contributed by atoms with van der Waals surface area (Å²) in [4.78, 5) is 23.7. The number of nitrogens with zero attached hydrogens (tertiary/aromatic N) is 2. The largest absolute Gasteiger partial charge is 0.395 e. The van der Waals surface area contributed by atoms with E-state index in [0.29, 0.717) is 17.7 Å². The minimum absolute atomic E-state index is 0.0897. The van der Waals surface area contributed by atoms with Crippen molar-refractivity contribution in [1.82, 2.24) is 4.90 Å². The van der Waals surface area contributed by atoms with Crippen LogP contribution in [-0.2, 0) is 9.59 Å². The number of hydrogen-bond acceptors (Lipinski definition) is 4. The van der Waals surface area contributed by atoms with Gasteiger partial charge >= 0.3 is 12.1 Å². The summed E-state index contributed by atoms with van der Waals surface area (Å²) >= 11 is 0. The van der Waals surface area contributed by atoms with E-state index in [0.717, 1.165) is 0 Å². The molecule has 0 spiro atoms. The molecule has 1 fully saturated rings. The number of carbonyl (C=O) groups is 1. The molecule has 84 valence electrons. The van der Waals surface area contributed by atoms with Crippen LogP contribution < -0.4 is 0 Å². The number of likely N-dealkylation sites (tertiary alicyclic amines) is 1. The van der Waals surface area contributed by atoms with Crippen LogP contribution >= 0.6 is 0 Å². The number of carbonyl (C=O) groups excluding carboxylic acids is 2. The highest BCUT2D eigenvalue weighted by Crippen LogP contribution is 2.26. The van der Waals surface area contributed by atoms with Crippen LogP contribution in [0.15, 0.2) is 4.99 Å². The predicted octanol–water partition coefficient (Wildman–Crippen LogP) is 0.876. The molecule has 0 aromatic rings. The van der Waals surface area contributed by atoms with Crippen molar-refractivity contribution in [3.05, 3.63) is 0 Å². The Morgan fingerprint density at radius 1 is 1.53 bits per heavy atom. The van der Waals surface area contributed by atoms with Gasteiger partial charge in [-0.05, 0) is 12.8 Å². The molecular formula is C8H9F3N2O2. The molecule has 1 aliphatic rings. The zero-order chi connectivity index (χ0) is 11.5. The van der Waals surface area contributed by atoms with Crippen molar-refractivity contribution in [2.75, 3.05) is 13.1 Å². The quantitative estimate of drug-likeness (QED) is 0.308. The first-order valence-corrected chi connectivity index (χ1v) is 4.38. The van der Waals surface area contributed by atoms with Crippen LogP contribution in [0.2, 0.25) is 0 Å². The van der Waals surface area contributed by atoms with Gasteiger partial charge in [-0.2, -0.15) is 13.2 Å². The van der Waals surface area contributed by atoms with Gasteiger partial charge in [0.1, 0.15) is 0 Å². The van der Waals surface area contributed by atoms with Gasteiger partial charge in [-0.3, -0.25) is 4.79 Å². The highest BCUT2D eigenvalue weighted by molar-refractivity contribution is 5.75. The maximum Gasteiger partial charge on any atom is 0.395 e. The van der Waals surface area contributed by atoms with Crippen LogP contribution in [-0.4, -0.2) is 42.2 Å². The fourth-order valence-electron chi connectivity index (χ4n) is 1.51. The molecule has 0 bridgehead atoms. The van der Waals surface area contributed by atoms with Crippen LogP contribution in [0, 0.1) is 0 Å². The summed E-state index contributed by atoms with van der Waals surface area (Å²) in [6.07, 6.45) is 2.06. The van der Waals surface area contributed by atoms with Crippen molar-refractivity contribution in [3.8, 4) is 0 Å². The van der Waals surface area contributed by atoms with Crippen LogP contribution in [0.4, 0.5) is 13.2 Å². The van der Waals surface area contributed by atoms with E-state index in [2.05, 4.69) is 4.99 Å². The summed E-state index contributed by atoms with van der Waals surface area (Å²) in [7, 11) is 0. The molecule has 1 heterocycles. The van der Waals surface area contributed by atoms with E-state index >= 15 is 0 Å². The summed E-state index contributed by atoms with van der Waals surface area (Å²) < 4.78 is 37.9. The Morgan fingerprint density at radius 2 is 2.20 bits per heavy atom. The summed E-state index contributed by atoms with van der Waals surface area (Å²) in [6.45, 7) is -0.397. The lowest BCUT2D eigenvalue weighted by Gasteiger charge is -2.33. The molecule has 1 rings (SSSR count). The Labute approximate surface area is 83.8 Å². The van der Waals surface area contributed by atoms with E-state index in [1.54, 1.807) is 0 Å². The number of alkyl halides is 2. The van der Waals surface area contributed by atoms with Crippen molar-refractivity contribution in [1.29, 1.82) is 0 Å². The zero-order valence-corrected chi connectivity index (χ0v) is 7.75. The molecule has 4 nitrogen and oxygen atoms in total. The first-order valence-electron chi connectivity index (χ1n) is 4.38. The van der Waals surface area contributed by atoms with Gasteiger partial charge in [-0.15, -0.1) is 0 Å². The SMILES string of the molecule is O=C=N[C@@H]1CCCN(C(F)(F)C(=O)F)C1. The fourth-order valence-corrected chi connectivity index (χ4v) is 1.51. The van der Waals surface area contributed by atoms with E-state index in [-0.39, 0.29) is 13.1 Å². The maximum absolute atomic E-state index is 12.9. The second kappa shape index (κ2) is 4.55.